The predicted octanol–water partition coefficient (Wildman–Crippen LogP) is 0.925. The standard InChI is InChI=1S/C9H22N4O/c1-7(2)12(6)8(14)13(11-10)9(3,4)5/h7,11H,10H2,1-6H3. The SMILES string of the molecule is CC(C)N(C)C(=O)N(NN)C(C)(C)C. The van der Waals surface area contributed by atoms with Gasteiger partial charge in [-0.15, -0.1) is 0 Å². The summed E-state index contributed by atoms with van der Waals surface area (Å²) in [5.74, 6) is 5.33. The van der Waals surface area contributed by atoms with E-state index < -0.39 is 0 Å². The molecule has 0 unspecified atom stereocenters. The molecule has 0 saturated carbocycles. The van der Waals surface area contributed by atoms with Gasteiger partial charge in [-0.05, 0) is 34.6 Å². The molecule has 0 saturated heterocycles. The van der Waals surface area contributed by atoms with Crippen molar-refractivity contribution >= 4 is 6.03 Å². The molecule has 0 aliphatic carbocycles. The summed E-state index contributed by atoms with van der Waals surface area (Å²) in [5.41, 5.74) is 2.08. The van der Waals surface area contributed by atoms with Crippen LogP contribution in [0.4, 0.5) is 4.79 Å². The van der Waals surface area contributed by atoms with Gasteiger partial charge in [0.05, 0.1) is 5.54 Å². The number of hydrazine groups is 2. The number of carbonyl (C=O) groups is 1. The smallest absolute Gasteiger partial charge is 0.324 e. The van der Waals surface area contributed by atoms with Gasteiger partial charge in [-0.3, -0.25) is 5.84 Å². The van der Waals surface area contributed by atoms with Crippen LogP contribution in [0.3, 0.4) is 0 Å². The molecule has 0 aliphatic rings. The highest BCUT2D eigenvalue weighted by Gasteiger charge is 2.28. The molecule has 0 spiro atoms. The van der Waals surface area contributed by atoms with Crippen molar-refractivity contribution in [2.24, 2.45) is 5.84 Å². The molecule has 0 rings (SSSR count). The maximum absolute atomic E-state index is 11.9. The number of urea groups is 1. The third-order valence-electron chi connectivity index (χ3n) is 2.07. The van der Waals surface area contributed by atoms with E-state index in [9.17, 15) is 4.79 Å². The van der Waals surface area contributed by atoms with Gasteiger partial charge >= 0.3 is 6.03 Å². The quantitative estimate of drug-likeness (QED) is 0.517. The van der Waals surface area contributed by atoms with E-state index in [-0.39, 0.29) is 17.6 Å². The van der Waals surface area contributed by atoms with Crippen LogP contribution in [0.15, 0.2) is 0 Å². The maximum atomic E-state index is 11.9. The summed E-state index contributed by atoms with van der Waals surface area (Å²) < 4.78 is 0. The summed E-state index contributed by atoms with van der Waals surface area (Å²) in [5, 5.41) is 1.41. The van der Waals surface area contributed by atoms with E-state index in [0.29, 0.717) is 0 Å². The monoisotopic (exact) mass is 202 g/mol. The minimum Gasteiger partial charge on any atom is -0.324 e. The first kappa shape index (κ1) is 13.2. The molecule has 0 aromatic carbocycles. The van der Waals surface area contributed by atoms with Crippen LogP contribution in [0, 0.1) is 0 Å². The molecule has 0 aromatic rings. The number of amides is 2. The molecular weight excluding hydrogens is 180 g/mol. The third-order valence-corrected chi connectivity index (χ3v) is 2.07. The molecule has 0 fully saturated rings. The van der Waals surface area contributed by atoms with Gasteiger partial charge in [-0.25, -0.2) is 9.80 Å². The first-order chi connectivity index (χ1) is 6.21. The van der Waals surface area contributed by atoms with Crippen LogP contribution in [-0.2, 0) is 0 Å². The van der Waals surface area contributed by atoms with Crippen molar-refractivity contribution in [2.75, 3.05) is 7.05 Å². The maximum Gasteiger partial charge on any atom is 0.335 e. The van der Waals surface area contributed by atoms with E-state index in [1.54, 1.807) is 11.9 Å². The Kier molecular flexibility index (Phi) is 4.35. The van der Waals surface area contributed by atoms with Crippen LogP contribution in [0.25, 0.3) is 0 Å². The van der Waals surface area contributed by atoms with Crippen molar-refractivity contribution in [2.45, 2.75) is 46.2 Å². The summed E-state index contributed by atoms with van der Waals surface area (Å²) in [7, 11) is 1.75. The highest BCUT2D eigenvalue weighted by molar-refractivity contribution is 5.74. The van der Waals surface area contributed by atoms with Gasteiger partial charge in [-0.1, -0.05) is 0 Å². The molecule has 0 atom stereocenters. The van der Waals surface area contributed by atoms with Crippen molar-refractivity contribution in [3.05, 3.63) is 0 Å². The molecule has 5 heteroatoms. The van der Waals surface area contributed by atoms with Gasteiger partial charge < -0.3 is 4.90 Å². The van der Waals surface area contributed by atoms with Crippen LogP contribution in [-0.4, -0.2) is 34.6 Å². The topological polar surface area (TPSA) is 61.6 Å². The summed E-state index contributed by atoms with van der Waals surface area (Å²) in [6.45, 7) is 9.65. The lowest BCUT2D eigenvalue weighted by molar-refractivity contribution is 0.0732. The van der Waals surface area contributed by atoms with Crippen molar-refractivity contribution in [1.29, 1.82) is 0 Å². The number of nitrogens with one attached hydrogen (secondary N) is 1. The lowest BCUT2D eigenvalue weighted by atomic mass is 10.1. The Balaban J connectivity index is 4.64. The normalized spacial score (nSPS) is 11.7. The molecule has 0 radical (unpaired) electrons. The number of nitrogens with zero attached hydrogens (tertiary/aromatic N) is 2. The van der Waals surface area contributed by atoms with Crippen LogP contribution in [0.2, 0.25) is 0 Å². The summed E-state index contributed by atoms with van der Waals surface area (Å²) in [6.07, 6.45) is 0. The van der Waals surface area contributed by atoms with Gasteiger partial charge in [0, 0.05) is 13.1 Å². The van der Waals surface area contributed by atoms with Gasteiger partial charge in [-0.2, -0.15) is 5.53 Å². The van der Waals surface area contributed by atoms with E-state index in [4.69, 9.17) is 5.84 Å². The van der Waals surface area contributed by atoms with Crippen LogP contribution in [0.1, 0.15) is 34.6 Å². The Labute approximate surface area is 86.2 Å². The number of carbonyl (C=O) groups excluding carboxylic acids is 1. The summed E-state index contributed by atoms with van der Waals surface area (Å²) >= 11 is 0. The predicted molar refractivity (Wildman–Crippen MR) is 57.2 cm³/mol. The zero-order valence-corrected chi connectivity index (χ0v) is 9.96. The zero-order chi connectivity index (χ0) is 11.5. The van der Waals surface area contributed by atoms with Gasteiger partial charge in [0.1, 0.15) is 0 Å². The molecule has 0 heterocycles. The first-order valence-electron chi connectivity index (χ1n) is 4.75. The largest absolute Gasteiger partial charge is 0.335 e. The van der Waals surface area contributed by atoms with E-state index in [0.717, 1.165) is 0 Å². The molecule has 2 amide bonds. The van der Waals surface area contributed by atoms with Crippen LogP contribution in [0.5, 0.6) is 0 Å². The number of hydrogen-bond donors (Lipinski definition) is 2. The average Bonchev–Trinajstić information content (AvgIpc) is 2.01. The second kappa shape index (κ2) is 4.61. The van der Waals surface area contributed by atoms with Gasteiger partial charge in [0.25, 0.3) is 0 Å². The summed E-state index contributed by atoms with van der Waals surface area (Å²) in [6, 6.07) is 0.0238. The third kappa shape index (κ3) is 3.16. The number of hydrogen-bond acceptors (Lipinski definition) is 3. The molecule has 3 N–H and O–H groups in total. The Morgan fingerprint density at radius 2 is 1.79 bits per heavy atom. The van der Waals surface area contributed by atoms with Crippen molar-refractivity contribution in [3.63, 3.8) is 0 Å². The molecular formula is C9H22N4O. The van der Waals surface area contributed by atoms with Gasteiger partial charge in [0.2, 0.25) is 0 Å². The van der Waals surface area contributed by atoms with Gasteiger partial charge in [0.15, 0.2) is 0 Å². The lowest BCUT2D eigenvalue weighted by Gasteiger charge is -2.37. The zero-order valence-electron chi connectivity index (χ0n) is 9.96. The highest BCUT2D eigenvalue weighted by atomic mass is 16.2. The molecule has 84 valence electrons. The second-order valence-electron chi connectivity index (χ2n) is 4.62. The van der Waals surface area contributed by atoms with Crippen LogP contribution >= 0.6 is 0 Å². The van der Waals surface area contributed by atoms with E-state index in [2.05, 4.69) is 5.53 Å². The second-order valence-corrected chi connectivity index (χ2v) is 4.62. The Morgan fingerprint density at radius 3 is 2.00 bits per heavy atom. The van der Waals surface area contributed by atoms with Crippen LogP contribution < -0.4 is 11.4 Å². The number of nitrogens with two attached hydrogens (primary N) is 1. The minimum absolute atomic E-state index is 0.130. The highest BCUT2D eigenvalue weighted by Crippen LogP contribution is 2.12. The first-order valence-corrected chi connectivity index (χ1v) is 4.75. The van der Waals surface area contributed by atoms with E-state index >= 15 is 0 Å². The lowest BCUT2D eigenvalue weighted by Crippen LogP contribution is -2.60. The Bertz CT molecular complexity index is 197. The molecule has 0 aliphatic heterocycles. The van der Waals surface area contributed by atoms with Crippen molar-refractivity contribution < 1.29 is 4.79 Å². The fourth-order valence-corrected chi connectivity index (χ4v) is 0.914. The molecule has 14 heavy (non-hydrogen) atoms. The van der Waals surface area contributed by atoms with Crippen molar-refractivity contribution in [1.82, 2.24) is 15.4 Å². The Hall–Kier alpha value is -0.810. The van der Waals surface area contributed by atoms with E-state index in [1.807, 2.05) is 34.6 Å². The summed E-state index contributed by atoms with van der Waals surface area (Å²) in [4.78, 5) is 13.5. The fraction of sp³-hybridized carbons (Fsp3) is 0.889. The fourth-order valence-electron chi connectivity index (χ4n) is 0.914. The molecule has 5 nitrogen and oxygen atoms in total. The average molecular weight is 202 g/mol. The molecule has 0 bridgehead atoms. The minimum atomic E-state index is -0.338. The molecule has 0 aromatic heterocycles. The van der Waals surface area contributed by atoms with Crippen molar-refractivity contribution in [3.8, 4) is 0 Å². The van der Waals surface area contributed by atoms with E-state index in [1.165, 1.54) is 5.01 Å². The Morgan fingerprint density at radius 1 is 1.36 bits per heavy atom. The number of rotatable bonds is 2.